The standard InChI is InChI=1S/C18H30.C17H32/c1-14-12-17(15-8-4-2-5-9-15)13-18(14)16-10-6-3-7-11-16;1-3-4-6-9-16-13-12-14(2)17(16)15-10-7-5-8-11-15/h12,15-18H,2-11,13H2,1H3;14-17H,3-13H2,1-2H3. The van der Waals surface area contributed by atoms with E-state index >= 15 is 0 Å². The van der Waals surface area contributed by atoms with E-state index in [-0.39, 0.29) is 0 Å². The van der Waals surface area contributed by atoms with Crippen molar-refractivity contribution in [1.82, 2.24) is 0 Å². The Morgan fingerprint density at radius 2 is 1.23 bits per heavy atom. The molecule has 0 radical (unpaired) electrons. The lowest BCUT2D eigenvalue weighted by atomic mass is 9.71. The monoisotopic (exact) mass is 482 g/mol. The van der Waals surface area contributed by atoms with E-state index in [9.17, 15) is 0 Å². The van der Waals surface area contributed by atoms with Gasteiger partial charge in [-0.1, -0.05) is 128 Å². The Hall–Kier alpha value is -0.260. The third-order valence-electron chi connectivity index (χ3n) is 11.6. The molecule has 35 heavy (non-hydrogen) atoms. The summed E-state index contributed by atoms with van der Waals surface area (Å²) in [7, 11) is 0. The van der Waals surface area contributed by atoms with E-state index in [4.69, 9.17) is 0 Å². The Labute approximate surface area is 220 Å². The first-order chi connectivity index (χ1) is 17.2. The number of allylic oxidation sites excluding steroid dienone is 2. The zero-order valence-electron chi connectivity index (χ0n) is 24.3. The summed E-state index contributed by atoms with van der Waals surface area (Å²) in [5.41, 5.74) is 1.76. The number of hydrogen-bond acceptors (Lipinski definition) is 0. The minimum Gasteiger partial charge on any atom is -0.0819 e. The Morgan fingerprint density at radius 1 is 0.657 bits per heavy atom. The topological polar surface area (TPSA) is 0 Å². The quantitative estimate of drug-likeness (QED) is 0.250. The van der Waals surface area contributed by atoms with Gasteiger partial charge in [0.15, 0.2) is 0 Å². The maximum absolute atomic E-state index is 2.69. The van der Waals surface area contributed by atoms with Crippen LogP contribution in [0.2, 0.25) is 0 Å². The first kappa shape index (κ1) is 27.8. The van der Waals surface area contributed by atoms with Crippen LogP contribution in [0.5, 0.6) is 0 Å². The van der Waals surface area contributed by atoms with Gasteiger partial charge >= 0.3 is 0 Å². The summed E-state index contributed by atoms with van der Waals surface area (Å²) in [6.45, 7) is 7.30. The highest BCUT2D eigenvalue weighted by Gasteiger charge is 2.38. The molecule has 202 valence electrons. The molecule has 0 nitrogen and oxygen atoms in total. The zero-order chi connectivity index (χ0) is 24.5. The van der Waals surface area contributed by atoms with Crippen molar-refractivity contribution in [1.29, 1.82) is 0 Å². The molecule has 0 saturated heterocycles. The largest absolute Gasteiger partial charge is 0.0819 e. The van der Waals surface area contributed by atoms with Crippen molar-refractivity contribution in [3.05, 3.63) is 11.6 Å². The molecule has 0 heterocycles. The fourth-order valence-corrected chi connectivity index (χ4v) is 9.69. The second kappa shape index (κ2) is 14.6. The SMILES string of the molecule is CC1=CC(C2CCCCC2)CC1C1CCCCC1.CCCCCC1CCC(C)C1C1CCCCC1. The lowest BCUT2D eigenvalue weighted by Gasteiger charge is -2.34. The molecule has 0 heteroatoms. The van der Waals surface area contributed by atoms with Crippen LogP contribution in [0.25, 0.3) is 0 Å². The first-order valence-electron chi connectivity index (χ1n) is 16.9. The molecule has 0 aliphatic heterocycles. The highest BCUT2D eigenvalue weighted by atomic mass is 14.4. The van der Waals surface area contributed by atoms with Crippen molar-refractivity contribution in [3.63, 3.8) is 0 Å². The van der Waals surface area contributed by atoms with E-state index in [1.807, 2.05) is 0 Å². The molecule has 5 aliphatic rings. The maximum Gasteiger partial charge on any atom is -0.0172 e. The van der Waals surface area contributed by atoms with E-state index < -0.39 is 0 Å². The second-order valence-corrected chi connectivity index (χ2v) is 14.0. The number of rotatable bonds is 7. The lowest BCUT2D eigenvalue weighted by molar-refractivity contribution is 0.159. The van der Waals surface area contributed by atoms with Crippen molar-refractivity contribution in [2.75, 3.05) is 0 Å². The molecular formula is C35H62. The van der Waals surface area contributed by atoms with Crippen molar-refractivity contribution in [3.8, 4) is 0 Å². The molecular weight excluding hydrogens is 420 g/mol. The average Bonchev–Trinajstić information content (AvgIpc) is 3.48. The van der Waals surface area contributed by atoms with Crippen LogP contribution < -0.4 is 0 Å². The third kappa shape index (κ3) is 7.87. The van der Waals surface area contributed by atoms with Gasteiger partial charge in [0.1, 0.15) is 0 Å². The van der Waals surface area contributed by atoms with Gasteiger partial charge < -0.3 is 0 Å². The van der Waals surface area contributed by atoms with E-state index in [1.165, 1.54) is 116 Å². The van der Waals surface area contributed by atoms with E-state index in [1.54, 1.807) is 31.3 Å². The minimum atomic E-state index is 0.956. The van der Waals surface area contributed by atoms with Crippen LogP contribution in [0.1, 0.15) is 162 Å². The molecule has 5 aliphatic carbocycles. The molecule has 5 atom stereocenters. The van der Waals surface area contributed by atoms with Crippen LogP contribution in [0.4, 0.5) is 0 Å². The highest BCUT2D eigenvalue weighted by Crippen LogP contribution is 2.48. The fourth-order valence-electron chi connectivity index (χ4n) is 9.69. The van der Waals surface area contributed by atoms with Crippen molar-refractivity contribution in [2.24, 2.45) is 47.3 Å². The molecule has 0 bridgehead atoms. The normalized spacial score (nSPS) is 35.5. The van der Waals surface area contributed by atoms with Crippen LogP contribution in [-0.2, 0) is 0 Å². The average molecular weight is 483 g/mol. The van der Waals surface area contributed by atoms with Crippen LogP contribution in [0, 0.1) is 47.3 Å². The maximum atomic E-state index is 2.69. The molecule has 5 rings (SSSR count). The molecule has 0 spiro atoms. The molecule has 0 amide bonds. The van der Waals surface area contributed by atoms with Gasteiger partial charge in [-0.3, -0.25) is 0 Å². The Morgan fingerprint density at radius 3 is 1.83 bits per heavy atom. The summed E-state index contributed by atoms with van der Waals surface area (Å²) in [5, 5.41) is 0. The van der Waals surface area contributed by atoms with Crippen LogP contribution in [0.15, 0.2) is 11.6 Å². The molecule has 0 aromatic carbocycles. The number of unbranched alkanes of at least 4 members (excludes halogenated alkanes) is 2. The second-order valence-electron chi connectivity index (χ2n) is 14.0. The Kier molecular flexibility index (Phi) is 11.6. The lowest BCUT2D eigenvalue weighted by Crippen LogP contribution is -2.25. The van der Waals surface area contributed by atoms with Gasteiger partial charge in [-0.2, -0.15) is 0 Å². The molecule has 0 N–H and O–H groups in total. The van der Waals surface area contributed by atoms with E-state index in [0.717, 1.165) is 47.3 Å². The summed E-state index contributed by atoms with van der Waals surface area (Å²) in [6, 6.07) is 0. The van der Waals surface area contributed by atoms with Crippen molar-refractivity contribution in [2.45, 2.75) is 162 Å². The smallest absolute Gasteiger partial charge is 0.0172 e. The van der Waals surface area contributed by atoms with Gasteiger partial charge in [-0.15, -0.1) is 0 Å². The van der Waals surface area contributed by atoms with Crippen LogP contribution in [-0.4, -0.2) is 0 Å². The Bertz CT molecular complexity index is 598. The predicted octanol–water partition coefficient (Wildman–Crippen LogP) is 11.5. The molecule has 4 fully saturated rings. The van der Waals surface area contributed by atoms with Crippen LogP contribution in [0.3, 0.4) is 0 Å². The molecule has 0 aromatic heterocycles. The minimum absolute atomic E-state index is 0.956. The summed E-state index contributed by atoms with van der Waals surface area (Å²) < 4.78 is 0. The van der Waals surface area contributed by atoms with Gasteiger partial charge in [-0.05, 0) is 92.8 Å². The van der Waals surface area contributed by atoms with Crippen molar-refractivity contribution >= 4 is 0 Å². The fraction of sp³-hybridized carbons (Fsp3) is 0.943. The highest BCUT2D eigenvalue weighted by molar-refractivity contribution is 5.16. The third-order valence-corrected chi connectivity index (χ3v) is 11.6. The zero-order valence-corrected chi connectivity index (χ0v) is 24.3. The molecule has 4 saturated carbocycles. The van der Waals surface area contributed by atoms with Gasteiger partial charge in [0, 0.05) is 0 Å². The predicted molar refractivity (Wildman–Crippen MR) is 155 cm³/mol. The van der Waals surface area contributed by atoms with Gasteiger partial charge in [0.2, 0.25) is 0 Å². The van der Waals surface area contributed by atoms with Crippen LogP contribution >= 0.6 is 0 Å². The van der Waals surface area contributed by atoms with E-state index in [2.05, 4.69) is 26.8 Å². The first-order valence-corrected chi connectivity index (χ1v) is 16.9. The molecule has 5 unspecified atom stereocenters. The van der Waals surface area contributed by atoms with Crippen molar-refractivity contribution < 1.29 is 0 Å². The Balaban J connectivity index is 0.000000165. The van der Waals surface area contributed by atoms with Gasteiger partial charge in [-0.25, -0.2) is 0 Å². The van der Waals surface area contributed by atoms with Gasteiger partial charge in [0.25, 0.3) is 0 Å². The summed E-state index contributed by atoms with van der Waals surface area (Å²) >= 11 is 0. The summed E-state index contributed by atoms with van der Waals surface area (Å²) in [4.78, 5) is 0. The van der Waals surface area contributed by atoms with Gasteiger partial charge in [0.05, 0.1) is 0 Å². The molecule has 0 aromatic rings. The summed E-state index contributed by atoms with van der Waals surface area (Å²) in [5.74, 6) is 8.35. The number of hydrogen-bond donors (Lipinski definition) is 0. The van der Waals surface area contributed by atoms with E-state index in [0.29, 0.717) is 0 Å². The summed E-state index contributed by atoms with van der Waals surface area (Å²) in [6.07, 6.45) is 35.9.